The molecule has 0 radical (unpaired) electrons. The molecule has 0 aliphatic carbocycles. The maximum Gasteiger partial charge on any atom is 0.269 e. The monoisotopic (exact) mass is 243 g/mol. The molecule has 0 aromatic carbocycles. The Morgan fingerprint density at radius 2 is 1.94 bits per heavy atom. The van der Waals surface area contributed by atoms with Crippen molar-refractivity contribution in [3.8, 4) is 0 Å². The minimum Gasteiger partial charge on any atom is -0.394 e. The van der Waals surface area contributed by atoms with Crippen LogP contribution in [0.3, 0.4) is 0 Å². The highest BCUT2D eigenvalue weighted by atomic mass is 35.5. The largest absolute Gasteiger partial charge is 0.394 e. The van der Waals surface area contributed by atoms with Crippen LogP contribution in [0.15, 0.2) is 0 Å². The van der Waals surface area contributed by atoms with Gasteiger partial charge >= 0.3 is 0 Å². The molecule has 7 heteroatoms. The first-order chi connectivity index (χ1) is 7.51. The highest BCUT2D eigenvalue weighted by molar-refractivity contribution is 6.28. The number of hydrogen-bond donors (Lipinski definition) is 2. The summed E-state index contributed by atoms with van der Waals surface area (Å²) >= 11 is 5.71. The van der Waals surface area contributed by atoms with Crippen molar-refractivity contribution < 1.29 is 4.79 Å². The predicted octanol–water partition coefficient (Wildman–Crippen LogP) is 0.657. The average molecular weight is 244 g/mol. The highest BCUT2D eigenvalue weighted by Gasteiger charge is 2.18. The summed E-state index contributed by atoms with van der Waals surface area (Å²) in [5.74, 6) is -0.269. The molecule has 0 fully saturated rings. The Bertz CT molecular complexity index is 405. The average Bonchev–Trinajstić information content (AvgIpc) is 2.23. The van der Waals surface area contributed by atoms with Crippen LogP contribution in [0.4, 0.5) is 11.5 Å². The van der Waals surface area contributed by atoms with E-state index in [1.807, 2.05) is 18.7 Å². The second-order valence-electron chi connectivity index (χ2n) is 3.12. The number of nitrogen functional groups attached to an aromatic ring is 1. The number of amides is 1. The summed E-state index contributed by atoms with van der Waals surface area (Å²) in [4.78, 5) is 20.7. The van der Waals surface area contributed by atoms with E-state index >= 15 is 0 Å². The van der Waals surface area contributed by atoms with Gasteiger partial charge in [-0.1, -0.05) is 0 Å². The molecule has 0 bridgehead atoms. The van der Waals surface area contributed by atoms with Crippen LogP contribution in [0, 0.1) is 0 Å². The van der Waals surface area contributed by atoms with Gasteiger partial charge in [-0.2, -0.15) is 4.98 Å². The summed E-state index contributed by atoms with van der Waals surface area (Å²) < 4.78 is 0. The Morgan fingerprint density at radius 3 is 2.38 bits per heavy atom. The SMILES string of the molecule is CCN(CC)c1nc(Cl)nc(C(N)=O)c1N. The fourth-order valence-electron chi connectivity index (χ4n) is 1.38. The summed E-state index contributed by atoms with van der Waals surface area (Å²) in [6.07, 6.45) is 0. The number of aromatic nitrogens is 2. The lowest BCUT2D eigenvalue weighted by molar-refractivity contribution is 0.0996. The fraction of sp³-hybridized carbons (Fsp3) is 0.444. The molecular weight excluding hydrogens is 230 g/mol. The minimum atomic E-state index is -0.713. The van der Waals surface area contributed by atoms with Gasteiger partial charge < -0.3 is 16.4 Å². The van der Waals surface area contributed by atoms with E-state index in [9.17, 15) is 4.79 Å². The van der Waals surface area contributed by atoms with Crippen molar-refractivity contribution >= 4 is 29.0 Å². The zero-order valence-corrected chi connectivity index (χ0v) is 9.95. The number of carbonyl (C=O) groups excluding carboxylic acids is 1. The van der Waals surface area contributed by atoms with Gasteiger partial charge in [0.2, 0.25) is 5.28 Å². The van der Waals surface area contributed by atoms with Crippen molar-refractivity contribution in [2.75, 3.05) is 23.7 Å². The Balaban J connectivity index is 3.33. The van der Waals surface area contributed by atoms with Gasteiger partial charge in [-0.15, -0.1) is 0 Å². The number of carbonyl (C=O) groups is 1. The summed E-state index contributed by atoms with van der Waals surface area (Å²) in [5.41, 5.74) is 11.1. The highest BCUT2D eigenvalue weighted by Crippen LogP contribution is 2.24. The van der Waals surface area contributed by atoms with Crippen LogP contribution in [-0.4, -0.2) is 29.0 Å². The van der Waals surface area contributed by atoms with E-state index in [-0.39, 0.29) is 16.7 Å². The lowest BCUT2D eigenvalue weighted by Crippen LogP contribution is -2.26. The van der Waals surface area contributed by atoms with Crippen LogP contribution >= 0.6 is 11.6 Å². The molecule has 88 valence electrons. The Morgan fingerprint density at radius 1 is 1.38 bits per heavy atom. The third-order valence-electron chi connectivity index (χ3n) is 2.19. The maximum absolute atomic E-state index is 11.1. The summed E-state index contributed by atoms with van der Waals surface area (Å²) in [6, 6.07) is 0. The standard InChI is InChI=1S/C9H14ClN5O/c1-3-15(4-2)8-5(11)6(7(12)16)13-9(10)14-8/h3-4,11H2,1-2H3,(H2,12,16). The van der Waals surface area contributed by atoms with Crippen molar-refractivity contribution in [1.29, 1.82) is 0 Å². The van der Waals surface area contributed by atoms with E-state index in [0.29, 0.717) is 18.9 Å². The molecule has 1 aromatic rings. The molecule has 1 heterocycles. The molecule has 16 heavy (non-hydrogen) atoms. The van der Waals surface area contributed by atoms with Gasteiger partial charge in [0.25, 0.3) is 5.91 Å². The van der Waals surface area contributed by atoms with Crippen LogP contribution in [0.2, 0.25) is 5.28 Å². The van der Waals surface area contributed by atoms with Gasteiger partial charge in [-0.25, -0.2) is 4.98 Å². The second kappa shape index (κ2) is 4.98. The number of nitrogens with two attached hydrogens (primary N) is 2. The van der Waals surface area contributed by atoms with Crippen molar-refractivity contribution in [3.05, 3.63) is 11.0 Å². The molecule has 0 aliphatic heterocycles. The molecule has 0 atom stereocenters. The molecular formula is C9H14ClN5O. The maximum atomic E-state index is 11.1. The van der Waals surface area contributed by atoms with E-state index in [1.165, 1.54) is 0 Å². The van der Waals surface area contributed by atoms with Gasteiger partial charge in [-0.3, -0.25) is 4.79 Å². The quantitative estimate of drug-likeness (QED) is 0.757. The van der Waals surface area contributed by atoms with Gasteiger partial charge in [0.1, 0.15) is 5.69 Å². The van der Waals surface area contributed by atoms with Crippen LogP contribution in [0.5, 0.6) is 0 Å². The van der Waals surface area contributed by atoms with Crippen LogP contribution in [-0.2, 0) is 0 Å². The van der Waals surface area contributed by atoms with Crippen LogP contribution < -0.4 is 16.4 Å². The van der Waals surface area contributed by atoms with E-state index < -0.39 is 5.91 Å². The van der Waals surface area contributed by atoms with Crippen LogP contribution in [0.1, 0.15) is 24.3 Å². The molecule has 1 amide bonds. The fourth-order valence-corrected chi connectivity index (χ4v) is 1.55. The lowest BCUT2D eigenvalue weighted by atomic mass is 10.3. The number of anilines is 2. The predicted molar refractivity (Wildman–Crippen MR) is 63.5 cm³/mol. The zero-order valence-electron chi connectivity index (χ0n) is 9.20. The van der Waals surface area contributed by atoms with Crippen molar-refractivity contribution in [3.63, 3.8) is 0 Å². The van der Waals surface area contributed by atoms with E-state index in [1.54, 1.807) is 0 Å². The molecule has 0 aliphatic rings. The Labute approximate surface area is 98.6 Å². The molecule has 0 spiro atoms. The van der Waals surface area contributed by atoms with Gasteiger partial charge in [-0.05, 0) is 25.4 Å². The lowest BCUT2D eigenvalue weighted by Gasteiger charge is -2.21. The molecule has 0 unspecified atom stereocenters. The molecule has 4 N–H and O–H groups in total. The third kappa shape index (κ3) is 2.33. The number of primary amides is 1. The van der Waals surface area contributed by atoms with Crippen molar-refractivity contribution in [1.82, 2.24) is 9.97 Å². The number of hydrogen-bond acceptors (Lipinski definition) is 5. The first kappa shape index (κ1) is 12.5. The van der Waals surface area contributed by atoms with E-state index in [0.717, 1.165) is 0 Å². The summed E-state index contributed by atoms with van der Waals surface area (Å²) in [7, 11) is 0. The van der Waals surface area contributed by atoms with Gasteiger partial charge in [0.05, 0.1) is 0 Å². The smallest absolute Gasteiger partial charge is 0.269 e. The molecule has 1 aromatic heterocycles. The van der Waals surface area contributed by atoms with Crippen molar-refractivity contribution in [2.45, 2.75) is 13.8 Å². The van der Waals surface area contributed by atoms with E-state index in [2.05, 4.69) is 9.97 Å². The number of halogens is 1. The topological polar surface area (TPSA) is 98.1 Å². The summed E-state index contributed by atoms with van der Waals surface area (Å²) in [5, 5.41) is -0.0371. The summed E-state index contributed by atoms with van der Waals surface area (Å²) in [6.45, 7) is 5.30. The molecule has 0 saturated carbocycles. The Hall–Kier alpha value is -1.56. The van der Waals surface area contributed by atoms with E-state index in [4.69, 9.17) is 23.1 Å². The van der Waals surface area contributed by atoms with Crippen LogP contribution in [0.25, 0.3) is 0 Å². The normalized spacial score (nSPS) is 10.2. The molecule has 0 saturated heterocycles. The second-order valence-corrected chi connectivity index (χ2v) is 3.45. The first-order valence-corrected chi connectivity index (χ1v) is 5.26. The minimum absolute atomic E-state index is 0.0371. The van der Waals surface area contributed by atoms with Crippen molar-refractivity contribution in [2.24, 2.45) is 5.73 Å². The number of rotatable bonds is 4. The zero-order chi connectivity index (χ0) is 12.3. The van der Waals surface area contributed by atoms with Gasteiger partial charge in [0, 0.05) is 13.1 Å². The number of nitrogens with zero attached hydrogens (tertiary/aromatic N) is 3. The van der Waals surface area contributed by atoms with Gasteiger partial charge in [0.15, 0.2) is 11.5 Å². The molecule has 6 nitrogen and oxygen atoms in total. The first-order valence-electron chi connectivity index (χ1n) is 4.89. The third-order valence-corrected chi connectivity index (χ3v) is 2.36. The molecule has 1 rings (SSSR count). The Kier molecular flexibility index (Phi) is 3.89.